The lowest BCUT2D eigenvalue weighted by Crippen LogP contribution is -2.09. The molecule has 0 saturated carbocycles. The summed E-state index contributed by atoms with van der Waals surface area (Å²) >= 11 is 0. The fourth-order valence-corrected chi connectivity index (χ4v) is 1.27. The van der Waals surface area contributed by atoms with Gasteiger partial charge in [0, 0.05) is 29.7 Å². The maximum Gasteiger partial charge on any atom is 0.261 e. The van der Waals surface area contributed by atoms with Gasteiger partial charge in [0.2, 0.25) is 0 Å². The van der Waals surface area contributed by atoms with Crippen molar-refractivity contribution in [3.8, 4) is 11.4 Å². The lowest BCUT2D eigenvalue weighted by Gasteiger charge is -2.04. The molecule has 108 valence electrons. The SMILES string of the molecule is CS(=O)(=O)O.Cc1cc(NN)nc(-c2ccncc2)n1. The van der Waals surface area contributed by atoms with Gasteiger partial charge in [0.05, 0.1) is 6.26 Å². The first-order chi connectivity index (χ1) is 9.29. The molecule has 4 N–H and O–H groups in total. The lowest BCUT2D eigenvalue weighted by molar-refractivity contribution is 0.490. The van der Waals surface area contributed by atoms with Gasteiger partial charge in [-0.15, -0.1) is 0 Å². The van der Waals surface area contributed by atoms with Crippen molar-refractivity contribution in [2.75, 3.05) is 11.7 Å². The number of aryl methyl sites for hydroxylation is 1. The normalized spacial score (nSPS) is 10.4. The summed E-state index contributed by atoms with van der Waals surface area (Å²) in [5, 5.41) is 0. The molecule has 0 amide bonds. The number of hydrogen-bond acceptors (Lipinski definition) is 7. The quantitative estimate of drug-likeness (QED) is 0.418. The van der Waals surface area contributed by atoms with Crippen molar-refractivity contribution >= 4 is 15.9 Å². The number of nitrogens with zero attached hydrogens (tertiary/aromatic N) is 3. The van der Waals surface area contributed by atoms with E-state index in [1.165, 1.54) is 0 Å². The molecule has 0 fully saturated rings. The van der Waals surface area contributed by atoms with E-state index in [0.717, 1.165) is 11.3 Å². The van der Waals surface area contributed by atoms with E-state index >= 15 is 0 Å². The molecular formula is C11H15N5O3S. The molecule has 8 nitrogen and oxygen atoms in total. The average Bonchev–Trinajstić information content (AvgIpc) is 2.37. The molecule has 0 unspecified atom stereocenters. The molecule has 20 heavy (non-hydrogen) atoms. The van der Waals surface area contributed by atoms with Crippen molar-refractivity contribution in [3.63, 3.8) is 0 Å². The smallest absolute Gasteiger partial charge is 0.261 e. The van der Waals surface area contributed by atoms with Gasteiger partial charge in [-0.1, -0.05) is 0 Å². The fourth-order valence-electron chi connectivity index (χ4n) is 1.27. The Morgan fingerprint density at radius 1 is 1.25 bits per heavy atom. The van der Waals surface area contributed by atoms with Crippen molar-refractivity contribution in [2.45, 2.75) is 6.92 Å². The Morgan fingerprint density at radius 2 is 1.80 bits per heavy atom. The van der Waals surface area contributed by atoms with Crippen LogP contribution in [-0.4, -0.2) is 34.2 Å². The van der Waals surface area contributed by atoms with Gasteiger partial charge >= 0.3 is 0 Å². The number of nitrogens with one attached hydrogen (secondary N) is 1. The maximum atomic E-state index is 9.19. The molecule has 0 saturated heterocycles. The van der Waals surface area contributed by atoms with Crippen LogP contribution in [0.1, 0.15) is 5.69 Å². The molecule has 0 aliphatic heterocycles. The molecule has 0 radical (unpaired) electrons. The van der Waals surface area contributed by atoms with Crippen LogP contribution in [-0.2, 0) is 10.1 Å². The molecule has 9 heteroatoms. The summed E-state index contributed by atoms with van der Waals surface area (Å²) in [5.74, 6) is 6.56. The van der Waals surface area contributed by atoms with Crippen LogP contribution < -0.4 is 11.3 Å². The highest BCUT2D eigenvalue weighted by Crippen LogP contribution is 2.15. The number of hydrazine groups is 1. The molecule has 2 rings (SSSR count). The molecule has 0 bridgehead atoms. The number of hydrogen-bond donors (Lipinski definition) is 3. The van der Waals surface area contributed by atoms with E-state index in [4.69, 9.17) is 10.4 Å². The van der Waals surface area contributed by atoms with E-state index in [2.05, 4.69) is 20.4 Å². The van der Waals surface area contributed by atoms with Gasteiger partial charge in [0.25, 0.3) is 10.1 Å². The molecule has 0 aliphatic rings. The zero-order valence-corrected chi connectivity index (χ0v) is 11.8. The molecular weight excluding hydrogens is 282 g/mol. The number of nitrogens with two attached hydrogens (primary N) is 1. The number of nitrogen functional groups attached to an aromatic ring is 1. The molecule has 0 aromatic carbocycles. The Bertz CT molecular complexity index is 653. The number of pyridine rings is 1. The fraction of sp³-hybridized carbons (Fsp3) is 0.182. The Morgan fingerprint density at radius 3 is 2.30 bits per heavy atom. The van der Waals surface area contributed by atoms with Crippen molar-refractivity contribution in [1.82, 2.24) is 15.0 Å². The van der Waals surface area contributed by atoms with E-state index in [0.29, 0.717) is 17.9 Å². The van der Waals surface area contributed by atoms with Crippen LogP contribution in [0.5, 0.6) is 0 Å². The number of rotatable bonds is 2. The highest BCUT2D eigenvalue weighted by molar-refractivity contribution is 7.85. The summed E-state index contributed by atoms with van der Waals surface area (Å²) in [6.07, 6.45) is 4.13. The Kier molecular flexibility index (Phi) is 5.50. The first-order valence-electron chi connectivity index (χ1n) is 5.45. The molecule has 0 spiro atoms. The summed E-state index contributed by atoms with van der Waals surface area (Å²) in [4.78, 5) is 12.5. The van der Waals surface area contributed by atoms with E-state index in [1.54, 1.807) is 18.5 Å². The van der Waals surface area contributed by atoms with Crippen LogP contribution in [0.2, 0.25) is 0 Å². The predicted octanol–water partition coefficient (Wildman–Crippen LogP) is 0.637. The van der Waals surface area contributed by atoms with Gasteiger partial charge in [0.15, 0.2) is 5.82 Å². The maximum absolute atomic E-state index is 9.19. The second-order valence-corrected chi connectivity index (χ2v) is 5.30. The minimum Gasteiger partial charge on any atom is -0.308 e. The number of anilines is 1. The van der Waals surface area contributed by atoms with Crippen LogP contribution in [0.25, 0.3) is 11.4 Å². The van der Waals surface area contributed by atoms with Gasteiger partial charge in [-0.25, -0.2) is 15.8 Å². The van der Waals surface area contributed by atoms with Crippen LogP contribution in [0.4, 0.5) is 5.82 Å². The van der Waals surface area contributed by atoms with Crippen LogP contribution in [0.15, 0.2) is 30.6 Å². The monoisotopic (exact) mass is 297 g/mol. The summed E-state index contributed by atoms with van der Waals surface area (Å²) in [6, 6.07) is 5.49. The van der Waals surface area contributed by atoms with E-state index in [1.807, 2.05) is 19.1 Å². The third-order valence-corrected chi connectivity index (χ3v) is 1.94. The van der Waals surface area contributed by atoms with Crippen molar-refractivity contribution in [2.24, 2.45) is 5.84 Å². The van der Waals surface area contributed by atoms with Gasteiger partial charge in [0.1, 0.15) is 5.82 Å². The third kappa shape index (κ3) is 6.18. The van der Waals surface area contributed by atoms with Crippen LogP contribution >= 0.6 is 0 Å². The molecule has 0 aliphatic carbocycles. The zero-order chi connectivity index (χ0) is 15.2. The van der Waals surface area contributed by atoms with Crippen molar-refractivity contribution in [3.05, 3.63) is 36.3 Å². The zero-order valence-electron chi connectivity index (χ0n) is 11.0. The first kappa shape index (κ1) is 16.0. The molecule has 2 aromatic heterocycles. The first-order valence-corrected chi connectivity index (χ1v) is 7.29. The second-order valence-electron chi connectivity index (χ2n) is 3.83. The van der Waals surface area contributed by atoms with E-state index < -0.39 is 10.1 Å². The molecule has 2 aromatic rings. The van der Waals surface area contributed by atoms with E-state index in [-0.39, 0.29) is 0 Å². The summed E-state index contributed by atoms with van der Waals surface area (Å²) in [7, 11) is -3.67. The van der Waals surface area contributed by atoms with Crippen LogP contribution in [0.3, 0.4) is 0 Å². The summed E-state index contributed by atoms with van der Waals surface area (Å²) in [6.45, 7) is 1.90. The largest absolute Gasteiger partial charge is 0.308 e. The van der Waals surface area contributed by atoms with E-state index in [9.17, 15) is 8.42 Å². The van der Waals surface area contributed by atoms with Crippen molar-refractivity contribution < 1.29 is 13.0 Å². The predicted molar refractivity (Wildman–Crippen MR) is 75.3 cm³/mol. The Labute approximate surface area is 116 Å². The highest BCUT2D eigenvalue weighted by atomic mass is 32.2. The minimum absolute atomic E-state index is 0.606. The van der Waals surface area contributed by atoms with Gasteiger partial charge in [-0.05, 0) is 19.1 Å². The second kappa shape index (κ2) is 6.89. The Hall–Kier alpha value is -2.10. The van der Waals surface area contributed by atoms with Gasteiger partial charge in [-0.2, -0.15) is 8.42 Å². The lowest BCUT2D eigenvalue weighted by atomic mass is 10.2. The summed E-state index contributed by atoms with van der Waals surface area (Å²) < 4.78 is 25.9. The Balaban J connectivity index is 0.000000347. The van der Waals surface area contributed by atoms with Crippen molar-refractivity contribution in [1.29, 1.82) is 0 Å². The standard InChI is InChI=1S/C10H11N5.CH4O3S/c1-7-6-9(15-11)14-10(13-7)8-2-4-12-5-3-8;1-5(2,3)4/h2-6H,11H2,1H3,(H,13,14,15);1H3,(H,2,3,4). The highest BCUT2D eigenvalue weighted by Gasteiger charge is 2.03. The topological polar surface area (TPSA) is 131 Å². The third-order valence-electron chi connectivity index (χ3n) is 1.94. The molecule has 2 heterocycles. The van der Waals surface area contributed by atoms with Gasteiger partial charge < -0.3 is 5.43 Å². The minimum atomic E-state index is -3.67. The summed E-state index contributed by atoms with van der Waals surface area (Å²) in [5.41, 5.74) is 4.30. The number of aromatic nitrogens is 3. The van der Waals surface area contributed by atoms with Gasteiger partial charge in [-0.3, -0.25) is 9.54 Å². The molecule has 0 atom stereocenters. The van der Waals surface area contributed by atoms with Crippen LogP contribution in [0, 0.1) is 6.92 Å². The average molecular weight is 297 g/mol.